The summed E-state index contributed by atoms with van der Waals surface area (Å²) in [7, 11) is 1.71. The van der Waals surface area contributed by atoms with Crippen molar-refractivity contribution in [3.8, 4) is 0 Å². The Hall–Kier alpha value is -1.92. The molecule has 7 heteroatoms. The first-order valence-electron chi connectivity index (χ1n) is 6.10. The third-order valence-corrected chi connectivity index (χ3v) is 3.93. The molecule has 3 aromatic rings. The number of anilines is 1. The van der Waals surface area contributed by atoms with Crippen LogP contribution in [0.1, 0.15) is 10.5 Å². The lowest BCUT2D eigenvalue weighted by Crippen LogP contribution is -2.14. The van der Waals surface area contributed by atoms with Crippen molar-refractivity contribution in [2.75, 3.05) is 5.32 Å². The predicted octanol–water partition coefficient (Wildman–Crippen LogP) is 3.64. The number of pyridine rings is 1. The molecule has 0 spiro atoms. The van der Waals surface area contributed by atoms with Crippen LogP contribution in [0.2, 0.25) is 5.02 Å². The van der Waals surface area contributed by atoms with Crippen LogP contribution in [0.15, 0.2) is 41.1 Å². The van der Waals surface area contributed by atoms with Gasteiger partial charge in [0.25, 0.3) is 5.91 Å². The molecule has 0 unspecified atom stereocenters. The Morgan fingerprint density at radius 1 is 1.38 bits per heavy atom. The predicted molar refractivity (Wildman–Crippen MR) is 85.6 cm³/mol. The standard InChI is InChI=1S/C14H10BrClN4O/c1-20-7-10(16)13(19-20)14(21)18-11-5-4-9(15)8-3-2-6-17-12(8)11/h2-7H,1H3,(H,18,21). The highest BCUT2D eigenvalue weighted by molar-refractivity contribution is 9.10. The lowest BCUT2D eigenvalue weighted by atomic mass is 10.2. The van der Waals surface area contributed by atoms with Crippen molar-refractivity contribution in [3.63, 3.8) is 0 Å². The van der Waals surface area contributed by atoms with Crippen molar-refractivity contribution in [1.82, 2.24) is 14.8 Å². The Morgan fingerprint density at radius 3 is 2.90 bits per heavy atom. The molecule has 0 aliphatic rings. The fourth-order valence-electron chi connectivity index (χ4n) is 2.03. The lowest BCUT2D eigenvalue weighted by molar-refractivity contribution is 0.102. The number of aromatic nitrogens is 3. The Kier molecular flexibility index (Phi) is 3.65. The van der Waals surface area contributed by atoms with Gasteiger partial charge in [0.15, 0.2) is 5.69 Å². The number of carbonyl (C=O) groups excluding carboxylic acids is 1. The molecule has 2 aromatic heterocycles. The van der Waals surface area contributed by atoms with Gasteiger partial charge in [0, 0.05) is 29.3 Å². The second-order valence-corrected chi connectivity index (χ2v) is 5.71. The number of carbonyl (C=O) groups is 1. The van der Waals surface area contributed by atoms with Crippen molar-refractivity contribution < 1.29 is 4.79 Å². The normalized spacial score (nSPS) is 10.8. The van der Waals surface area contributed by atoms with Crippen LogP contribution in [-0.4, -0.2) is 20.7 Å². The molecule has 0 atom stereocenters. The summed E-state index contributed by atoms with van der Waals surface area (Å²) in [6, 6.07) is 7.41. The Balaban J connectivity index is 2.01. The number of benzene rings is 1. The fourth-order valence-corrected chi connectivity index (χ4v) is 2.75. The second-order valence-electron chi connectivity index (χ2n) is 4.45. The van der Waals surface area contributed by atoms with E-state index in [4.69, 9.17) is 11.6 Å². The van der Waals surface area contributed by atoms with Crippen LogP contribution >= 0.6 is 27.5 Å². The maximum Gasteiger partial charge on any atom is 0.277 e. The van der Waals surface area contributed by atoms with Gasteiger partial charge in [0.1, 0.15) is 0 Å². The quantitative estimate of drug-likeness (QED) is 0.754. The van der Waals surface area contributed by atoms with Gasteiger partial charge in [-0.05, 0) is 18.2 Å². The largest absolute Gasteiger partial charge is 0.319 e. The molecule has 2 heterocycles. The monoisotopic (exact) mass is 364 g/mol. The molecule has 0 bridgehead atoms. The summed E-state index contributed by atoms with van der Waals surface area (Å²) < 4.78 is 2.41. The van der Waals surface area contributed by atoms with Crippen molar-refractivity contribution in [2.45, 2.75) is 0 Å². The number of hydrogen-bond donors (Lipinski definition) is 1. The third-order valence-electron chi connectivity index (χ3n) is 2.96. The van der Waals surface area contributed by atoms with Gasteiger partial charge >= 0.3 is 0 Å². The van der Waals surface area contributed by atoms with E-state index >= 15 is 0 Å². The second kappa shape index (κ2) is 5.46. The maximum absolute atomic E-state index is 12.3. The minimum absolute atomic E-state index is 0.186. The Labute approximate surface area is 134 Å². The zero-order valence-corrected chi connectivity index (χ0v) is 13.3. The van der Waals surface area contributed by atoms with E-state index in [1.807, 2.05) is 18.2 Å². The first kappa shape index (κ1) is 14.0. The van der Waals surface area contributed by atoms with Gasteiger partial charge in [-0.25, -0.2) is 0 Å². The van der Waals surface area contributed by atoms with Gasteiger partial charge in [0.05, 0.1) is 16.2 Å². The zero-order valence-electron chi connectivity index (χ0n) is 11.0. The van der Waals surface area contributed by atoms with Gasteiger partial charge < -0.3 is 5.32 Å². The van der Waals surface area contributed by atoms with Gasteiger partial charge in [0.2, 0.25) is 0 Å². The number of fused-ring (bicyclic) bond motifs is 1. The Morgan fingerprint density at radius 2 is 2.19 bits per heavy atom. The first-order chi connectivity index (χ1) is 10.1. The highest BCUT2D eigenvalue weighted by atomic mass is 79.9. The molecule has 106 valence electrons. The SMILES string of the molecule is Cn1cc(Cl)c(C(=O)Nc2ccc(Br)c3cccnc23)n1. The molecule has 21 heavy (non-hydrogen) atoms. The summed E-state index contributed by atoms with van der Waals surface area (Å²) >= 11 is 9.45. The minimum Gasteiger partial charge on any atom is -0.319 e. The van der Waals surface area contributed by atoms with E-state index in [1.165, 1.54) is 4.68 Å². The number of halogens is 2. The summed E-state index contributed by atoms with van der Waals surface area (Å²) in [6.45, 7) is 0. The van der Waals surface area contributed by atoms with Crippen LogP contribution in [0.4, 0.5) is 5.69 Å². The molecular formula is C14H10BrClN4O. The highest BCUT2D eigenvalue weighted by Crippen LogP contribution is 2.28. The van der Waals surface area contributed by atoms with Gasteiger partial charge in [-0.15, -0.1) is 0 Å². The molecule has 3 rings (SSSR count). The molecule has 1 amide bonds. The molecule has 0 saturated carbocycles. The van der Waals surface area contributed by atoms with E-state index in [0.29, 0.717) is 16.2 Å². The van der Waals surface area contributed by atoms with E-state index in [-0.39, 0.29) is 11.6 Å². The van der Waals surface area contributed by atoms with Crippen LogP contribution in [0.5, 0.6) is 0 Å². The van der Waals surface area contributed by atoms with Crippen molar-refractivity contribution >= 4 is 50.0 Å². The van der Waals surface area contributed by atoms with E-state index in [9.17, 15) is 4.79 Å². The van der Waals surface area contributed by atoms with Gasteiger partial charge in [-0.3, -0.25) is 14.5 Å². The van der Waals surface area contributed by atoms with Crippen molar-refractivity contribution in [3.05, 3.63) is 51.8 Å². The number of nitrogens with one attached hydrogen (secondary N) is 1. The molecule has 5 nitrogen and oxygen atoms in total. The summed E-state index contributed by atoms with van der Waals surface area (Å²) in [5, 5.41) is 8.08. The van der Waals surface area contributed by atoms with Crippen LogP contribution in [-0.2, 0) is 7.05 Å². The van der Waals surface area contributed by atoms with Crippen LogP contribution in [0, 0.1) is 0 Å². The topological polar surface area (TPSA) is 59.8 Å². The minimum atomic E-state index is -0.366. The van der Waals surface area contributed by atoms with E-state index < -0.39 is 0 Å². The Bertz CT molecular complexity index is 846. The molecule has 1 N–H and O–H groups in total. The molecule has 0 aliphatic heterocycles. The first-order valence-corrected chi connectivity index (χ1v) is 7.27. The van der Waals surface area contributed by atoms with Crippen LogP contribution < -0.4 is 5.32 Å². The lowest BCUT2D eigenvalue weighted by Gasteiger charge is -2.08. The van der Waals surface area contributed by atoms with Crippen LogP contribution in [0.25, 0.3) is 10.9 Å². The smallest absolute Gasteiger partial charge is 0.277 e. The average Bonchev–Trinajstić information content (AvgIpc) is 2.81. The van der Waals surface area contributed by atoms with Gasteiger partial charge in [-0.2, -0.15) is 5.10 Å². The van der Waals surface area contributed by atoms with E-state index in [0.717, 1.165) is 9.86 Å². The summed E-state index contributed by atoms with van der Waals surface area (Å²) in [6.07, 6.45) is 3.26. The maximum atomic E-state index is 12.3. The number of amides is 1. The fraction of sp³-hybridized carbons (Fsp3) is 0.0714. The number of aryl methyl sites for hydroxylation is 1. The molecular weight excluding hydrogens is 356 g/mol. The summed E-state index contributed by atoms with van der Waals surface area (Å²) in [5.41, 5.74) is 1.50. The molecule has 1 aromatic carbocycles. The third kappa shape index (κ3) is 2.64. The summed E-state index contributed by atoms with van der Waals surface area (Å²) in [4.78, 5) is 16.6. The molecule has 0 saturated heterocycles. The van der Waals surface area contributed by atoms with Gasteiger partial charge in [-0.1, -0.05) is 33.6 Å². The van der Waals surface area contributed by atoms with Crippen LogP contribution in [0.3, 0.4) is 0 Å². The van der Waals surface area contributed by atoms with Crippen molar-refractivity contribution in [1.29, 1.82) is 0 Å². The number of hydrogen-bond acceptors (Lipinski definition) is 3. The zero-order chi connectivity index (χ0) is 15.0. The van der Waals surface area contributed by atoms with E-state index in [1.54, 1.807) is 25.5 Å². The summed E-state index contributed by atoms with van der Waals surface area (Å²) in [5.74, 6) is -0.366. The number of nitrogens with zero attached hydrogens (tertiary/aromatic N) is 3. The molecule has 0 fully saturated rings. The highest BCUT2D eigenvalue weighted by Gasteiger charge is 2.16. The molecule has 0 radical (unpaired) electrons. The number of rotatable bonds is 2. The van der Waals surface area contributed by atoms with E-state index in [2.05, 4.69) is 31.3 Å². The van der Waals surface area contributed by atoms with Crippen molar-refractivity contribution in [2.24, 2.45) is 7.05 Å². The average molecular weight is 366 g/mol. The molecule has 0 aliphatic carbocycles.